The Labute approximate surface area is 123 Å². The fourth-order valence-electron chi connectivity index (χ4n) is 2.27. The highest BCUT2D eigenvalue weighted by Crippen LogP contribution is 2.26. The van der Waals surface area contributed by atoms with E-state index < -0.39 is 5.97 Å². The van der Waals surface area contributed by atoms with Crippen LogP contribution in [0.4, 0.5) is 0 Å². The van der Waals surface area contributed by atoms with Crippen LogP contribution in [0.3, 0.4) is 0 Å². The molecule has 4 heteroatoms. The molecule has 0 aliphatic heterocycles. The van der Waals surface area contributed by atoms with Gasteiger partial charge in [-0.2, -0.15) is 0 Å². The molecule has 108 valence electrons. The zero-order chi connectivity index (χ0) is 15.4. The van der Waals surface area contributed by atoms with Crippen LogP contribution in [0, 0.1) is 6.92 Å². The predicted molar refractivity (Wildman–Crippen MR) is 81.6 cm³/mol. The van der Waals surface area contributed by atoms with E-state index >= 15 is 0 Å². The van der Waals surface area contributed by atoms with Gasteiger partial charge in [-0.15, -0.1) is 0 Å². The number of nitrogens with one attached hydrogen (secondary N) is 1. The molecule has 2 N–H and O–H groups in total. The second-order valence-electron chi connectivity index (χ2n) is 4.72. The van der Waals surface area contributed by atoms with E-state index in [1.165, 1.54) is 0 Å². The normalized spacial score (nSPS) is 10.2. The van der Waals surface area contributed by atoms with Gasteiger partial charge in [0, 0.05) is 12.1 Å². The summed E-state index contributed by atoms with van der Waals surface area (Å²) in [6.45, 7) is 4.20. The van der Waals surface area contributed by atoms with Crippen LogP contribution in [0.15, 0.2) is 42.5 Å². The Kier molecular flexibility index (Phi) is 4.38. The number of carboxylic acid groups (broad SMARTS) is 1. The lowest BCUT2D eigenvalue weighted by Gasteiger charge is -2.10. The first-order valence-electron chi connectivity index (χ1n) is 6.76. The van der Waals surface area contributed by atoms with Crippen LogP contribution in [0.2, 0.25) is 0 Å². The average Bonchev–Trinajstić information content (AvgIpc) is 2.47. The minimum atomic E-state index is -0.950. The van der Waals surface area contributed by atoms with Crippen LogP contribution in [-0.2, 0) is 0 Å². The Bertz CT molecular complexity index is 692. The van der Waals surface area contributed by atoms with Crippen molar-refractivity contribution in [3.8, 4) is 11.1 Å². The molecular weight excluding hydrogens is 266 g/mol. The van der Waals surface area contributed by atoms with Crippen LogP contribution < -0.4 is 5.32 Å². The highest BCUT2D eigenvalue weighted by Gasteiger charge is 2.12. The molecule has 0 aromatic heterocycles. The second kappa shape index (κ2) is 6.22. The lowest BCUT2D eigenvalue weighted by atomic mass is 9.95. The number of carboxylic acids is 1. The third-order valence-electron chi connectivity index (χ3n) is 3.34. The number of aromatic carboxylic acids is 1. The smallest absolute Gasteiger partial charge is 0.335 e. The zero-order valence-electron chi connectivity index (χ0n) is 12.0. The lowest BCUT2D eigenvalue weighted by Crippen LogP contribution is -2.22. The third-order valence-corrected chi connectivity index (χ3v) is 3.34. The summed E-state index contributed by atoms with van der Waals surface area (Å²) >= 11 is 0. The summed E-state index contributed by atoms with van der Waals surface area (Å²) in [6, 6.07) is 12.3. The maximum Gasteiger partial charge on any atom is 0.335 e. The number of rotatable bonds is 4. The van der Waals surface area contributed by atoms with Crippen molar-refractivity contribution in [3.63, 3.8) is 0 Å². The fraction of sp³-hybridized carbons (Fsp3) is 0.176. The number of hydrogen-bond donors (Lipinski definition) is 2. The Morgan fingerprint density at radius 2 is 1.86 bits per heavy atom. The summed E-state index contributed by atoms with van der Waals surface area (Å²) in [5.41, 5.74) is 3.18. The Hall–Kier alpha value is -2.62. The molecule has 0 saturated heterocycles. The molecule has 0 unspecified atom stereocenters. The second-order valence-corrected chi connectivity index (χ2v) is 4.72. The summed E-state index contributed by atoms with van der Waals surface area (Å²) in [5.74, 6) is -1.08. The van der Waals surface area contributed by atoms with Crippen LogP contribution in [0.25, 0.3) is 11.1 Å². The van der Waals surface area contributed by atoms with Gasteiger partial charge in [-0.1, -0.05) is 24.3 Å². The molecule has 0 bridgehead atoms. The first-order chi connectivity index (χ1) is 10.0. The summed E-state index contributed by atoms with van der Waals surface area (Å²) in [5, 5.41) is 11.9. The molecule has 2 aromatic carbocycles. The topological polar surface area (TPSA) is 66.4 Å². The SMILES string of the molecule is CCNC(=O)c1cccc(-c2cccc(C(=O)O)c2C)c1. The van der Waals surface area contributed by atoms with Crippen molar-refractivity contribution in [2.75, 3.05) is 6.54 Å². The van der Waals surface area contributed by atoms with Gasteiger partial charge in [-0.25, -0.2) is 4.79 Å². The molecule has 0 fully saturated rings. The van der Waals surface area contributed by atoms with Crippen LogP contribution in [0.1, 0.15) is 33.2 Å². The molecule has 0 saturated carbocycles. The molecule has 0 aliphatic carbocycles. The quantitative estimate of drug-likeness (QED) is 0.906. The van der Waals surface area contributed by atoms with Crippen LogP contribution in [-0.4, -0.2) is 23.5 Å². The molecule has 1 amide bonds. The van der Waals surface area contributed by atoms with Crippen molar-refractivity contribution < 1.29 is 14.7 Å². The minimum absolute atomic E-state index is 0.133. The van der Waals surface area contributed by atoms with E-state index in [4.69, 9.17) is 0 Å². The van der Waals surface area contributed by atoms with Gasteiger partial charge < -0.3 is 10.4 Å². The van der Waals surface area contributed by atoms with Crippen molar-refractivity contribution in [2.24, 2.45) is 0 Å². The van der Waals surface area contributed by atoms with Crippen molar-refractivity contribution in [1.29, 1.82) is 0 Å². The van der Waals surface area contributed by atoms with Crippen molar-refractivity contribution in [1.82, 2.24) is 5.32 Å². The summed E-state index contributed by atoms with van der Waals surface area (Å²) in [6.07, 6.45) is 0. The summed E-state index contributed by atoms with van der Waals surface area (Å²) < 4.78 is 0. The van der Waals surface area contributed by atoms with E-state index in [2.05, 4.69) is 5.32 Å². The van der Waals surface area contributed by atoms with Gasteiger partial charge in [-0.3, -0.25) is 4.79 Å². The van der Waals surface area contributed by atoms with Gasteiger partial charge >= 0.3 is 5.97 Å². The van der Waals surface area contributed by atoms with Gasteiger partial charge in [0.15, 0.2) is 0 Å². The largest absolute Gasteiger partial charge is 0.478 e. The molecule has 4 nitrogen and oxygen atoms in total. The van der Waals surface area contributed by atoms with E-state index in [0.717, 1.165) is 11.1 Å². The third kappa shape index (κ3) is 3.11. The molecule has 0 spiro atoms. The van der Waals surface area contributed by atoms with Gasteiger partial charge in [0.2, 0.25) is 0 Å². The maximum atomic E-state index is 11.9. The monoisotopic (exact) mass is 283 g/mol. The van der Waals surface area contributed by atoms with E-state index in [9.17, 15) is 14.7 Å². The fourth-order valence-corrected chi connectivity index (χ4v) is 2.27. The molecule has 0 aliphatic rings. The van der Waals surface area contributed by atoms with Crippen molar-refractivity contribution >= 4 is 11.9 Å². The molecule has 0 atom stereocenters. The number of hydrogen-bond acceptors (Lipinski definition) is 2. The molecular formula is C17H17NO3. The number of carbonyl (C=O) groups excluding carboxylic acids is 1. The zero-order valence-corrected chi connectivity index (χ0v) is 12.0. The average molecular weight is 283 g/mol. The van der Waals surface area contributed by atoms with Gasteiger partial charge in [0.1, 0.15) is 0 Å². The standard InChI is InChI=1S/C17H17NO3/c1-3-18-16(19)13-7-4-6-12(10-13)14-8-5-9-15(11(14)2)17(20)21/h4-10H,3H2,1-2H3,(H,18,19)(H,20,21). The van der Waals surface area contributed by atoms with Gasteiger partial charge in [0.25, 0.3) is 5.91 Å². The Morgan fingerprint density at radius 3 is 2.52 bits per heavy atom. The highest BCUT2D eigenvalue weighted by atomic mass is 16.4. The minimum Gasteiger partial charge on any atom is -0.478 e. The molecule has 2 rings (SSSR count). The predicted octanol–water partition coefficient (Wildman–Crippen LogP) is 3.11. The van der Waals surface area contributed by atoms with Gasteiger partial charge in [0.05, 0.1) is 5.56 Å². The number of carbonyl (C=O) groups is 2. The van der Waals surface area contributed by atoms with E-state index in [0.29, 0.717) is 17.7 Å². The molecule has 2 aromatic rings. The van der Waals surface area contributed by atoms with E-state index in [1.807, 2.05) is 19.1 Å². The molecule has 0 heterocycles. The van der Waals surface area contributed by atoms with Crippen LogP contribution >= 0.6 is 0 Å². The first-order valence-corrected chi connectivity index (χ1v) is 6.76. The Morgan fingerprint density at radius 1 is 1.14 bits per heavy atom. The van der Waals surface area contributed by atoms with Crippen molar-refractivity contribution in [2.45, 2.75) is 13.8 Å². The lowest BCUT2D eigenvalue weighted by molar-refractivity contribution is 0.0696. The summed E-state index contributed by atoms with van der Waals surface area (Å²) in [7, 11) is 0. The summed E-state index contributed by atoms with van der Waals surface area (Å²) in [4.78, 5) is 23.1. The Balaban J connectivity index is 2.48. The molecule has 0 radical (unpaired) electrons. The number of amides is 1. The number of benzene rings is 2. The van der Waals surface area contributed by atoms with Crippen molar-refractivity contribution in [3.05, 3.63) is 59.2 Å². The van der Waals surface area contributed by atoms with Gasteiger partial charge in [-0.05, 0) is 48.7 Å². The van der Waals surface area contributed by atoms with Crippen LogP contribution in [0.5, 0.6) is 0 Å². The van der Waals surface area contributed by atoms with E-state index in [1.54, 1.807) is 37.3 Å². The highest BCUT2D eigenvalue weighted by molar-refractivity contribution is 5.96. The molecule has 21 heavy (non-hydrogen) atoms. The first kappa shape index (κ1) is 14.8. The maximum absolute atomic E-state index is 11.9. The van der Waals surface area contributed by atoms with E-state index in [-0.39, 0.29) is 11.5 Å².